The molecular weight excluding hydrogens is 225 g/mol. The monoisotopic (exact) mass is 239 g/mol. The minimum absolute atomic E-state index is 0.0320. The Balaban J connectivity index is 2.27. The molecule has 1 aliphatic heterocycles. The van der Waals surface area contributed by atoms with Gasteiger partial charge < -0.3 is 14.7 Å². The second-order valence-corrected chi connectivity index (χ2v) is 3.88. The van der Waals surface area contributed by atoms with Crippen LogP contribution in [0, 0.1) is 0 Å². The molecule has 1 aromatic carbocycles. The van der Waals surface area contributed by atoms with Gasteiger partial charge in [-0.25, -0.2) is 9.18 Å². The van der Waals surface area contributed by atoms with Crippen LogP contribution in [0.25, 0.3) is 0 Å². The van der Waals surface area contributed by atoms with Crippen molar-refractivity contribution in [1.82, 2.24) is 0 Å². The van der Waals surface area contributed by atoms with Crippen molar-refractivity contribution in [3.05, 3.63) is 29.3 Å². The molecule has 1 heterocycles. The summed E-state index contributed by atoms with van der Waals surface area (Å²) in [4.78, 5) is 12.9. The quantitative estimate of drug-likeness (QED) is 0.872. The van der Waals surface area contributed by atoms with E-state index in [4.69, 9.17) is 9.84 Å². The van der Waals surface area contributed by atoms with Crippen LogP contribution in [-0.2, 0) is 11.4 Å². The van der Waals surface area contributed by atoms with Crippen molar-refractivity contribution in [1.29, 1.82) is 0 Å². The summed E-state index contributed by atoms with van der Waals surface area (Å²) in [5, 5.41) is 8.90. The summed E-state index contributed by atoms with van der Waals surface area (Å²) in [5.74, 6) is -1.09. The third-order valence-electron chi connectivity index (χ3n) is 2.84. The van der Waals surface area contributed by atoms with E-state index in [9.17, 15) is 9.18 Å². The van der Waals surface area contributed by atoms with Crippen molar-refractivity contribution in [2.75, 3.05) is 31.2 Å². The number of carboxylic acids is 1. The van der Waals surface area contributed by atoms with Crippen LogP contribution in [0.2, 0.25) is 0 Å². The van der Waals surface area contributed by atoms with E-state index < -0.39 is 12.6 Å². The molecule has 1 aromatic rings. The molecule has 0 amide bonds. The minimum atomic E-state index is -1.09. The lowest BCUT2D eigenvalue weighted by Gasteiger charge is -2.29. The number of carboxylic acid groups (broad SMARTS) is 1. The first-order valence-corrected chi connectivity index (χ1v) is 5.47. The summed E-state index contributed by atoms with van der Waals surface area (Å²) < 4.78 is 18.0. The molecule has 0 atom stereocenters. The molecule has 0 saturated carbocycles. The molecule has 1 aliphatic rings. The Morgan fingerprint density at radius 2 is 2.12 bits per heavy atom. The normalized spacial score (nSPS) is 15.9. The highest BCUT2D eigenvalue weighted by atomic mass is 19.1. The summed E-state index contributed by atoms with van der Waals surface area (Å²) in [7, 11) is 0. The Labute approximate surface area is 98.6 Å². The van der Waals surface area contributed by atoms with E-state index in [2.05, 4.69) is 4.90 Å². The predicted molar refractivity (Wildman–Crippen MR) is 61.2 cm³/mol. The number of nitrogens with zero attached hydrogens (tertiary/aromatic N) is 1. The van der Waals surface area contributed by atoms with E-state index in [-0.39, 0.29) is 11.1 Å². The number of benzene rings is 1. The molecule has 17 heavy (non-hydrogen) atoms. The Morgan fingerprint density at radius 3 is 2.71 bits per heavy atom. The summed E-state index contributed by atoms with van der Waals surface area (Å²) in [6, 6.07) is 4.78. The lowest BCUT2D eigenvalue weighted by Crippen LogP contribution is -2.36. The van der Waals surface area contributed by atoms with Crippen LogP contribution in [0.4, 0.5) is 10.1 Å². The number of hydrogen-bond donors (Lipinski definition) is 1. The van der Waals surface area contributed by atoms with E-state index in [1.54, 1.807) is 12.1 Å². The van der Waals surface area contributed by atoms with Crippen molar-refractivity contribution in [3.8, 4) is 0 Å². The van der Waals surface area contributed by atoms with Gasteiger partial charge in [-0.2, -0.15) is 0 Å². The van der Waals surface area contributed by atoms with Crippen LogP contribution in [0.5, 0.6) is 0 Å². The Bertz CT molecular complexity index is 416. The smallest absolute Gasteiger partial charge is 0.336 e. The summed E-state index contributed by atoms with van der Waals surface area (Å²) in [5.41, 5.74) is 1.11. The highest BCUT2D eigenvalue weighted by Crippen LogP contribution is 2.21. The van der Waals surface area contributed by atoms with E-state index in [1.807, 2.05) is 0 Å². The van der Waals surface area contributed by atoms with Gasteiger partial charge >= 0.3 is 5.97 Å². The van der Waals surface area contributed by atoms with Gasteiger partial charge in [0, 0.05) is 18.8 Å². The molecule has 0 spiro atoms. The van der Waals surface area contributed by atoms with Crippen molar-refractivity contribution < 1.29 is 19.0 Å². The number of ether oxygens (including phenoxy) is 1. The van der Waals surface area contributed by atoms with Gasteiger partial charge in [-0.05, 0) is 23.8 Å². The van der Waals surface area contributed by atoms with Gasteiger partial charge in [0.15, 0.2) is 0 Å². The topological polar surface area (TPSA) is 49.8 Å². The van der Waals surface area contributed by atoms with Crippen LogP contribution in [0.1, 0.15) is 15.9 Å². The predicted octanol–water partition coefficient (Wildman–Crippen LogP) is 1.69. The molecule has 1 saturated heterocycles. The zero-order valence-corrected chi connectivity index (χ0v) is 9.36. The third kappa shape index (κ3) is 2.55. The Hall–Kier alpha value is -1.62. The van der Waals surface area contributed by atoms with Gasteiger partial charge in [0.1, 0.15) is 6.67 Å². The zero-order valence-electron chi connectivity index (χ0n) is 9.36. The van der Waals surface area contributed by atoms with Crippen LogP contribution in [0.15, 0.2) is 18.2 Å². The first-order chi connectivity index (χ1) is 8.22. The molecule has 1 N–H and O–H groups in total. The van der Waals surface area contributed by atoms with E-state index in [1.165, 1.54) is 6.07 Å². The summed E-state index contributed by atoms with van der Waals surface area (Å²) in [6.07, 6.45) is 0. The Kier molecular flexibility index (Phi) is 3.58. The fraction of sp³-hybridized carbons (Fsp3) is 0.417. The van der Waals surface area contributed by atoms with E-state index >= 15 is 0 Å². The molecule has 4 nitrogen and oxygen atoms in total. The van der Waals surface area contributed by atoms with Crippen LogP contribution in [-0.4, -0.2) is 37.4 Å². The minimum Gasteiger partial charge on any atom is -0.478 e. The number of aromatic carboxylic acids is 1. The molecule has 2 rings (SSSR count). The molecule has 5 heteroatoms. The molecule has 0 radical (unpaired) electrons. The molecule has 0 aliphatic carbocycles. The van der Waals surface area contributed by atoms with Crippen molar-refractivity contribution in [2.24, 2.45) is 0 Å². The molecule has 0 unspecified atom stereocenters. The first-order valence-electron chi connectivity index (χ1n) is 5.47. The number of alkyl halides is 1. The third-order valence-corrected chi connectivity index (χ3v) is 2.84. The van der Waals surface area contributed by atoms with Crippen LogP contribution in [0.3, 0.4) is 0 Å². The fourth-order valence-electron chi connectivity index (χ4n) is 1.92. The SMILES string of the molecule is O=C(O)c1ccc(N2CCOCC2)cc1CF. The van der Waals surface area contributed by atoms with Crippen molar-refractivity contribution in [2.45, 2.75) is 6.67 Å². The number of anilines is 1. The van der Waals surface area contributed by atoms with Gasteiger partial charge in [-0.3, -0.25) is 0 Å². The maximum Gasteiger partial charge on any atom is 0.336 e. The first kappa shape index (κ1) is 11.9. The second-order valence-electron chi connectivity index (χ2n) is 3.88. The average molecular weight is 239 g/mol. The van der Waals surface area contributed by atoms with Crippen molar-refractivity contribution in [3.63, 3.8) is 0 Å². The van der Waals surface area contributed by atoms with Gasteiger partial charge in [0.2, 0.25) is 0 Å². The largest absolute Gasteiger partial charge is 0.478 e. The van der Waals surface area contributed by atoms with Crippen molar-refractivity contribution >= 4 is 11.7 Å². The summed E-state index contributed by atoms with van der Waals surface area (Å²) in [6.45, 7) is 2.02. The van der Waals surface area contributed by atoms with Gasteiger partial charge in [-0.1, -0.05) is 0 Å². The number of rotatable bonds is 3. The number of hydrogen-bond acceptors (Lipinski definition) is 3. The fourth-order valence-corrected chi connectivity index (χ4v) is 1.92. The number of halogens is 1. The molecular formula is C12H14FNO3. The number of morpholine rings is 1. The summed E-state index contributed by atoms with van der Waals surface area (Å²) >= 11 is 0. The highest BCUT2D eigenvalue weighted by Gasteiger charge is 2.15. The maximum absolute atomic E-state index is 12.8. The standard InChI is InChI=1S/C12H14FNO3/c13-8-9-7-10(1-2-11(9)12(15)16)14-3-5-17-6-4-14/h1-2,7H,3-6,8H2,(H,15,16). The van der Waals surface area contributed by atoms with E-state index in [0.29, 0.717) is 13.2 Å². The number of carbonyl (C=O) groups is 1. The lowest BCUT2D eigenvalue weighted by molar-refractivity contribution is 0.0694. The molecule has 1 fully saturated rings. The van der Waals surface area contributed by atoms with E-state index in [0.717, 1.165) is 18.8 Å². The van der Waals surface area contributed by atoms with Gasteiger partial charge in [0.05, 0.1) is 18.8 Å². The van der Waals surface area contributed by atoms with Crippen LogP contribution < -0.4 is 4.90 Å². The second kappa shape index (κ2) is 5.14. The average Bonchev–Trinajstić information content (AvgIpc) is 2.39. The lowest BCUT2D eigenvalue weighted by atomic mass is 10.1. The highest BCUT2D eigenvalue weighted by molar-refractivity contribution is 5.90. The molecule has 0 bridgehead atoms. The maximum atomic E-state index is 12.8. The molecule has 0 aromatic heterocycles. The molecule has 92 valence electrons. The van der Waals surface area contributed by atoms with Gasteiger partial charge in [0.25, 0.3) is 0 Å². The van der Waals surface area contributed by atoms with Gasteiger partial charge in [-0.15, -0.1) is 0 Å². The zero-order chi connectivity index (χ0) is 12.3. The Morgan fingerprint density at radius 1 is 1.41 bits per heavy atom. The van der Waals surface area contributed by atoms with Crippen LogP contribution >= 0.6 is 0 Å².